The van der Waals surface area contributed by atoms with E-state index < -0.39 is 36.6 Å². The number of nitrogens with one attached hydrogen (secondary N) is 4. The van der Waals surface area contributed by atoms with Gasteiger partial charge in [-0.05, 0) is 101 Å². The van der Waals surface area contributed by atoms with Gasteiger partial charge in [-0.2, -0.15) is 0 Å². The number of Topliss-reactive ketones (excluding diaryl/α,β-unsaturated/α-hetero) is 2. The molecular formula is C106H196N4O14. The van der Waals surface area contributed by atoms with Crippen LogP contribution in [-0.4, -0.2) is 113 Å². The Morgan fingerprint density at radius 1 is 0.218 bits per heavy atom. The highest BCUT2D eigenvalue weighted by atomic mass is 16.5. The Hall–Kier alpha value is -5.68. The third kappa shape index (κ3) is 91.1. The van der Waals surface area contributed by atoms with E-state index in [2.05, 4.69) is 75.3 Å². The molecule has 0 aliphatic carbocycles. The smallest absolute Gasteiger partial charge is 0.315 e. The second-order valence-electron chi connectivity index (χ2n) is 35.7. The van der Waals surface area contributed by atoms with Crippen molar-refractivity contribution in [2.24, 2.45) is 23.7 Å². The van der Waals surface area contributed by atoms with E-state index in [1.807, 2.05) is 0 Å². The highest BCUT2D eigenvalue weighted by Gasteiger charge is 2.24. The number of ketones is 2. The Morgan fingerprint density at radius 2 is 0.395 bits per heavy atom. The van der Waals surface area contributed by atoms with Crippen LogP contribution in [0.2, 0.25) is 0 Å². The number of carbonyl (C=O) groups is 8. The van der Waals surface area contributed by atoms with Gasteiger partial charge >= 0.3 is 11.9 Å². The van der Waals surface area contributed by atoms with E-state index >= 15 is 0 Å². The van der Waals surface area contributed by atoms with Crippen LogP contribution in [0.1, 0.15) is 490 Å². The lowest BCUT2D eigenvalue weighted by Crippen LogP contribution is -2.36. The van der Waals surface area contributed by atoms with Crippen LogP contribution in [0.5, 0.6) is 0 Å². The van der Waals surface area contributed by atoms with Gasteiger partial charge < -0.3 is 49.7 Å². The fourth-order valence-electron chi connectivity index (χ4n) is 16.9. The molecule has 0 heterocycles. The lowest BCUT2D eigenvalue weighted by Gasteiger charge is -2.28. The molecule has 0 rings (SSSR count). The normalized spacial score (nSPS) is 12.0. The van der Waals surface area contributed by atoms with Gasteiger partial charge in [-0.1, -0.05) is 388 Å². The molecule has 0 spiro atoms. The molecule has 18 nitrogen and oxygen atoms in total. The number of amides is 4. The van der Waals surface area contributed by atoms with E-state index in [9.17, 15) is 38.4 Å². The van der Waals surface area contributed by atoms with E-state index in [1.165, 1.54) is 346 Å². The first-order valence-corrected chi connectivity index (χ1v) is 52.1. The number of unbranched alkanes of at least 4 members (excludes halogenated alkanes) is 44. The molecule has 124 heavy (non-hydrogen) atoms. The van der Waals surface area contributed by atoms with E-state index in [1.54, 1.807) is 0 Å². The van der Waals surface area contributed by atoms with Crippen molar-refractivity contribution in [2.75, 3.05) is 65.8 Å². The van der Waals surface area contributed by atoms with Crippen LogP contribution >= 0.6 is 0 Å². The first-order valence-electron chi connectivity index (χ1n) is 52.1. The minimum Gasteiger partial charge on any atom is -0.502 e. The molecule has 0 aliphatic rings. The van der Waals surface area contributed by atoms with Crippen molar-refractivity contribution in [1.29, 1.82) is 0 Å². The number of carbonyl (C=O) groups excluding carboxylic acids is 8. The van der Waals surface area contributed by atoms with Crippen molar-refractivity contribution in [3.8, 4) is 0 Å². The Labute approximate surface area is 761 Å². The third-order valence-corrected chi connectivity index (χ3v) is 24.5. The lowest BCUT2D eigenvalue weighted by atomic mass is 9.78. The van der Waals surface area contributed by atoms with Crippen LogP contribution in [-0.2, 0) is 66.8 Å². The average Bonchev–Trinajstić information content (AvgIpc) is 0.917. The van der Waals surface area contributed by atoms with Gasteiger partial charge in [-0.3, -0.25) is 38.4 Å². The molecule has 724 valence electrons. The van der Waals surface area contributed by atoms with E-state index in [0.29, 0.717) is 102 Å². The second kappa shape index (κ2) is 99.5. The first kappa shape index (κ1) is 120. The second-order valence-corrected chi connectivity index (χ2v) is 35.7. The lowest BCUT2D eigenvalue weighted by molar-refractivity contribution is -0.148. The SMILES string of the molecule is C=COCCCCC(=O)CCCCCCCCC(CCCCCCCC)C(CCCCCCCC)CCCCCCCCC(=O)NCCNC(=O)CCCCCCCCC(CCCCCCCC)C(CCCCCCCC)CCCCCCCCC(=O)CCCCOC=C.C=COCCCCOC(=O)CC(=O)NCCNC(=O)CC(=O)OCCCCOC=C. The summed E-state index contributed by atoms with van der Waals surface area (Å²) >= 11 is 0. The van der Waals surface area contributed by atoms with E-state index in [4.69, 9.17) is 28.4 Å². The summed E-state index contributed by atoms with van der Waals surface area (Å²) in [5.41, 5.74) is 0. The molecule has 0 aromatic rings. The number of ether oxygens (including phenoxy) is 6. The zero-order valence-electron chi connectivity index (χ0n) is 81.1. The van der Waals surface area contributed by atoms with Crippen LogP contribution in [0.4, 0.5) is 0 Å². The largest absolute Gasteiger partial charge is 0.502 e. The molecule has 0 bridgehead atoms. The van der Waals surface area contributed by atoms with Crippen LogP contribution in [0.25, 0.3) is 0 Å². The van der Waals surface area contributed by atoms with E-state index in [0.717, 1.165) is 101 Å². The Morgan fingerprint density at radius 3 is 0.621 bits per heavy atom. The third-order valence-electron chi connectivity index (χ3n) is 24.5. The summed E-state index contributed by atoms with van der Waals surface area (Å²) in [5.74, 6) is 2.31. The summed E-state index contributed by atoms with van der Waals surface area (Å²) < 4.78 is 30.1. The molecule has 18 heteroatoms. The first-order chi connectivity index (χ1) is 60.7. The van der Waals surface area contributed by atoms with Gasteiger partial charge in [0.05, 0.1) is 64.7 Å². The molecule has 0 radical (unpaired) electrons. The average molecular weight is 1750 g/mol. The number of hydrogen-bond donors (Lipinski definition) is 4. The Balaban J connectivity index is 0. The fraction of sp³-hybridized carbons (Fsp3) is 0.849. The Bertz CT molecular complexity index is 2300. The van der Waals surface area contributed by atoms with E-state index in [-0.39, 0.29) is 38.1 Å². The van der Waals surface area contributed by atoms with Crippen molar-refractivity contribution in [3.63, 3.8) is 0 Å². The molecular weight excluding hydrogens is 1550 g/mol. The van der Waals surface area contributed by atoms with Gasteiger partial charge in [0.2, 0.25) is 23.6 Å². The van der Waals surface area contributed by atoms with Gasteiger partial charge in [0.25, 0.3) is 0 Å². The van der Waals surface area contributed by atoms with Gasteiger partial charge in [-0.25, -0.2) is 0 Å². The van der Waals surface area contributed by atoms with Crippen LogP contribution in [0, 0.1) is 23.7 Å². The molecule has 0 saturated carbocycles. The molecule has 0 saturated heterocycles. The van der Waals surface area contributed by atoms with Crippen molar-refractivity contribution in [1.82, 2.24) is 21.3 Å². The fourth-order valence-corrected chi connectivity index (χ4v) is 16.9. The van der Waals surface area contributed by atoms with Gasteiger partial charge in [0.15, 0.2) is 0 Å². The molecule has 0 aromatic heterocycles. The standard InChI is InChI=1S/C86H164N2O6.C20H32N2O8/c1-7-13-17-21-33-45-61-79(65-49-37-25-29-41-53-69-83(89)71-57-59-77-93-11-5)81(63-47-35-23-19-15-9-3)67-51-39-27-31-43-55-73-85(91)87-75-76-88-86(92)74-56-44-32-28-40-52-68-82(64-48-36-24-20-16-10-4)80(62-46-34-22-18-14-8-2)66-50-38-26-30-42-54-70-84(90)72-58-60-78-94-12-6;1-3-27-11-5-7-13-29-19(25)15-17(23)21-9-10-22-18(24)16-20(26)30-14-8-6-12-28-4-2/h11-12,79-82H,5-10,13-78H2,1-4H3,(H,87,91)(H,88,92);3-4H,1-2,5-16H2,(H,21,23)(H,22,24). The molecule has 0 aromatic carbocycles. The van der Waals surface area contributed by atoms with Crippen LogP contribution in [0.15, 0.2) is 51.4 Å². The maximum absolute atomic E-state index is 12.7. The summed E-state index contributed by atoms with van der Waals surface area (Å²) in [6.07, 6.45) is 89.4. The predicted molar refractivity (Wildman–Crippen MR) is 518 cm³/mol. The molecule has 4 N–H and O–H groups in total. The zero-order valence-corrected chi connectivity index (χ0v) is 81.1. The van der Waals surface area contributed by atoms with Gasteiger partial charge in [0.1, 0.15) is 24.4 Å². The van der Waals surface area contributed by atoms with Crippen molar-refractivity contribution in [2.45, 2.75) is 490 Å². The van der Waals surface area contributed by atoms with Crippen LogP contribution in [0.3, 0.4) is 0 Å². The molecule has 0 aliphatic heterocycles. The number of esters is 2. The molecule has 0 fully saturated rings. The minimum atomic E-state index is -0.625. The highest BCUT2D eigenvalue weighted by Crippen LogP contribution is 2.36. The topological polar surface area (TPSA) is 240 Å². The maximum atomic E-state index is 12.7. The molecule has 4 atom stereocenters. The number of hydrogen-bond acceptors (Lipinski definition) is 14. The summed E-state index contributed by atoms with van der Waals surface area (Å²) in [6, 6.07) is 0. The highest BCUT2D eigenvalue weighted by molar-refractivity contribution is 5.95. The summed E-state index contributed by atoms with van der Waals surface area (Å²) in [7, 11) is 0. The summed E-state index contributed by atoms with van der Waals surface area (Å²) in [4.78, 5) is 96.4. The predicted octanol–water partition coefficient (Wildman–Crippen LogP) is 27.9. The summed E-state index contributed by atoms with van der Waals surface area (Å²) in [5, 5.41) is 11.1. The Kier molecular flexibility index (Phi) is 96.6. The van der Waals surface area contributed by atoms with Crippen molar-refractivity contribution < 1.29 is 66.8 Å². The quantitative estimate of drug-likeness (QED) is 0.0192. The molecule has 4 unspecified atom stereocenters. The van der Waals surface area contributed by atoms with Crippen LogP contribution < -0.4 is 21.3 Å². The van der Waals surface area contributed by atoms with Crippen molar-refractivity contribution >= 4 is 47.1 Å². The minimum absolute atomic E-state index is 0.120. The van der Waals surface area contributed by atoms with Gasteiger partial charge in [-0.15, -0.1) is 0 Å². The maximum Gasteiger partial charge on any atom is 0.315 e. The van der Waals surface area contributed by atoms with Gasteiger partial charge in [0, 0.05) is 64.7 Å². The van der Waals surface area contributed by atoms with Crippen molar-refractivity contribution in [3.05, 3.63) is 51.4 Å². The monoisotopic (exact) mass is 1750 g/mol. The summed E-state index contributed by atoms with van der Waals surface area (Å²) in [6.45, 7) is 27.3. The number of rotatable bonds is 100. The molecule has 4 amide bonds. The zero-order chi connectivity index (χ0) is 90.8.